The van der Waals surface area contributed by atoms with E-state index in [-0.39, 0.29) is 46.5 Å². The summed E-state index contributed by atoms with van der Waals surface area (Å²) >= 11 is 1.27. The van der Waals surface area contributed by atoms with Gasteiger partial charge in [0.15, 0.2) is 0 Å². The molecule has 0 radical (unpaired) electrons. The van der Waals surface area contributed by atoms with Crippen molar-refractivity contribution in [2.24, 2.45) is 0 Å². The van der Waals surface area contributed by atoms with Gasteiger partial charge in [0, 0.05) is 0 Å². The molecule has 18 heavy (non-hydrogen) atoms. The molecule has 0 aliphatic carbocycles. The topological polar surface area (TPSA) is 73.6 Å². The van der Waals surface area contributed by atoms with Gasteiger partial charge in [-0.3, -0.25) is 9.69 Å². The molecule has 3 rings (SSSR count). The predicted molar refractivity (Wildman–Crippen MR) is 58.0 cm³/mol. The number of hydrogen-bond acceptors (Lipinski definition) is 5. The van der Waals surface area contributed by atoms with E-state index >= 15 is 0 Å². The second kappa shape index (κ2) is 4.97. The van der Waals surface area contributed by atoms with E-state index in [2.05, 4.69) is 0 Å². The number of thioether (sulfide) groups is 1. The van der Waals surface area contributed by atoms with E-state index in [1.807, 2.05) is 0 Å². The molecular formula is C11H6NNaO4S. The summed E-state index contributed by atoms with van der Waals surface area (Å²) in [6.45, 7) is 0. The minimum absolute atomic E-state index is 0. The molecule has 1 saturated heterocycles. The van der Waals surface area contributed by atoms with Crippen molar-refractivity contribution in [2.45, 2.75) is 5.37 Å². The molecule has 2 aliphatic rings. The number of carbonyl (C=O) groups is 2. The van der Waals surface area contributed by atoms with E-state index in [0.29, 0.717) is 11.3 Å². The summed E-state index contributed by atoms with van der Waals surface area (Å²) in [5.74, 6) is -1.06. The van der Waals surface area contributed by atoms with Crippen LogP contribution in [-0.2, 0) is 9.59 Å². The number of amides is 1. The average molecular weight is 271 g/mol. The van der Waals surface area contributed by atoms with Gasteiger partial charge < -0.3 is 14.3 Å². The Morgan fingerprint density at radius 3 is 2.94 bits per heavy atom. The minimum atomic E-state index is -1.33. The molecule has 5 nitrogen and oxygen atoms in total. The van der Waals surface area contributed by atoms with E-state index in [1.165, 1.54) is 28.3 Å². The normalized spacial score (nSPS) is 23.2. The van der Waals surface area contributed by atoms with E-state index in [1.54, 1.807) is 18.2 Å². The molecule has 0 saturated carbocycles. The van der Waals surface area contributed by atoms with Gasteiger partial charge in [-0.15, -0.1) is 11.8 Å². The number of carboxylic acid groups (broad SMARTS) is 1. The quantitative estimate of drug-likeness (QED) is 0.329. The summed E-state index contributed by atoms with van der Waals surface area (Å²) < 4.78 is 5.11. The Bertz CT molecular complexity index is 564. The maximum Gasteiger partial charge on any atom is 1.00 e. The number of hydrogen-bond donors (Lipinski definition) is 0. The summed E-state index contributed by atoms with van der Waals surface area (Å²) in [5, 5.41) is 11.9. The zero-order chi connectivity index (χ0) is 12.0. The third-order valence-corrected chi connectivity index (χ3v) is 3.67. The fourth-order valence-electron chi connectivity index (χ4n) is 1.79. The van der Waals surface area contributed by atoms with Gasteiger partial charge in [0.2, 0.25) is 0 Å². The van der Waals surface area contributed by atoms with Crippen molar-refractivity contribution in [3.8, 4) is 0 Å². The van der Waals surface area contributed by atoms with Gasteiger partial charge in [-0.2, -0.15) is 0 Å². The third-order valence-electron chi connectivity index (χ3n) is 2.58. The van der Waals surface area contributed by atoms with Crippen LogP contribution in [0.15, 0.2) is 39.5 Å². The largest absolute Gasteiger partial charge is 1.00 e. The molecule has 86 valence electrons. The Labute approximate surface area is 129 Å². The van der Waals surface area contributed by atoms with Crippen LogP contribution >= 0.6 is 11.8 Å². The average Bonchev–Trinajstić information content (AvgIpc) is 2.93. The second-order valence-corrected chi connectivity index (χ2v) is 4.52. The number of aliphatic carboxylic acids is 1. The molecule has 1 amide bonds. The summed E-state index contributed by atoms with van der Waals surface area (Å²) in [6, 6.07) is 3.45. The summed E-state index contributed by atoms with van der Waals surface area (Å²) in [6.07, 6.45) is 3.14. The molecule has 0 aromatic carbocycles. The van der Waals surface area contributed by atoms with Crippen molar-refractivity contribution in [3.63, 3.8) is 0 Å². The van der Waals surface area contributed by atoms with Crippen LogP contribution in [0.1, 0.15) is 5.76 Å². The monoisotopic (exact) mass is 271 g/mol. The van der Waals surface area contributed by atoms with Crippen molar-refractivity contribution < 1.29 is 48.7 Å². The fourth-order valence-corrected chi connectivity index (χ4v) is 2.90. The Hall–Kier alpha value is -0.950. The van der Waals surface area contributed by atoms with Crippen LogP contribution < -0.4 is 34.7 Å². The number of fused-ring (bicyclic) bond motifs is 1. The second-order valence-electron chi connectivity index (χ2n) is 3.57. The molecule has 1 atom stereocenters. The zero-order valence-corrected chi connectivity index (χ0v) is 12.3. The van der Waals surface area contributed by atoms with E-state index in [9.17, 15) is 14.7 Å². The van der Waals surface area contributed by atoms with Crippen molar-refractivity contribution in [1.29, 1.82) is 0 Å². The third kappa shape index (κ3) is 1.95. The molecule has 7 heteroatoms. The van der Waals surface area contributed by atoms with Gasteiger partial charge in [0.1, 0.15) is 11.1 Å². The van der Waals surface area contributed by atoms with E-state index < -0.39 is 5.97 Å². The summed E-state index contributed by atoms with van der Waals surface area (Å²) in [5.41, 5.74) is 0.471. The molecule has 3 heterocycles. The molecule has 0 N–H and O–H groups in total. The zero-order valence-electron chi connectivity index (χ0n) is 9.45. The predicted octanol–water partition coefficient (Wildman–Crippen LogP) is -2.83. The summed E-state index contributed by atoms with van der Waals surface area (Å²) in [7, 11) is 0. The van der Waals surface area contributed by atoms with Gasteiger partial charge in [0.25, 0.3) is 5.91 Å². The van der Waals surface area contributed by atoms with Crippen molar-refractivity contribution in [2.75, 3.05) is 0 Å². The molecule has 1 aromatic heterocycles. The SMILES string of the molecule is O=C([O-])C1=CS[C@@H]2/C(=C/c3ccco3)C(=O)N12.[Na+]. The smallest absolute Gasteiger partial charge is 0.543 e. The number of carbonyl (C=O) groups excluding carboxylic acids is 2. The van der Waals surface area contributed by atoms with Crippen LogP contribution in [0.25, 0.3) is 6.08 Å². The number of rotatable bonds is 2. The number of β-lactam (4-membered cyclic amide) rings is 1. The Morgan fingerprint density at radius 1 is 1.56 bits per heavy atom. The van der Waals surface area contributed by atoms with Crippen molar-refractivity contribution in [3.05, 3.63) is 40.8 Å². The van der Waals surface area contributed by atoms with Gasteiger partial charge in [-0.25, -0.2) is 0 Å². The maximum absolute atomic E-state index is 11.8. The first-order chi connectivity index (χ1) is 8.18. The molecule has 2 aliphatic heterocycles. The van der Waals surface area contributed by atoms with Crippen molar-refractivity contribution >= 4 is 29.7 Å². The Kier molecular flexibility index (Phi) is 3.72. The van der Waals surface area contributed by atoms with Crippen LogP contribution in [-0.4, -0.2) is 22.2 Å². The standard InChI is InChI=1S/C11H7NO4S.Na/c13-9-7(4-6-2-1-3-16-6)10-12(9)8(5-17-10)11(14)15;/h1-5,10H,(H,14,15);/q;+1/p-1/b7-4+;/t10-;/m1./s1. The van der Waals surface area contributed by atoms with Gasteiger partial charge in [-0.1, -0.05) is 0 Å². The van der Waals surface area contributed by atoms with E-state index in [0.717, 1.165) is 0 Å². The first-order valence-electron chi connectivity index (χ1n) is 4.84. The van der Waals surface area contributed by atoms with Crippen LogP contribution in [0.2, 0.25) is 0 Å². The summed E-state index contributed by atoms with van der Waals surface area (Å²) in [4.78, 5) is 23.7. The van der Waals surface area contributed by atoms with Crippen LogP contribution in [0.3, 0.4) is 0 Å². The molecule has 1 aromatic rings. The van der Waals surface area contributed by atoms with Crippen LogP contribution in [0.4, 0.5) is 0 Å². The molecule has 0 spiro atoms. The first-order valence-corrected chi connectivity index (χ1v) is 5.78. The molecule has 1 fully saturated rings. The number of carboxylic acids is 1. The number of furan rings is 1. The minimum Gasteiger partial charge on any atom is -0.543 e. The maximum atomic E-state index is 11.8. The number of nitrogens with zero attached hydrogens (tertiary/aromatic N) is 1. The molecule has 0 bridgehead atoms. The van der Waals surface area contributed by atoms with Crippen LogP contribution in [0.5, 0.6) is 0 Å². The van der Waals surface area contributed by atoms with Gasteiger partial charge >= 0.3 is 29.6 Å². The van der Waals surface area contributed by atoms with E-state index in [4.69, 9.17) is 4.42 Å². The van der Waals surface area contributed by atoms with Crippen LogP contribution in [0, 0.1) is 0 Å². The Morgan fingerprint density at radius 2 is 2.33 bits per heavy atom. The molecular weight excluding hydrogens is 265 g/mol. The first kappa shape index (κ1) is 13.5. The fraction of sp³-hybridized carbons (Fsp3) is 0.0909. The van der Waals surface area contributed by atoms with Gasteiger partial charge in [0.05, 0.1) is 23.5 Å². The Balaban J connectivity index is 0.00000120. The van der Waals surface area contributed by atoms with Crippen molar-refractivity contribution in [1.82, 2.24) is 4.90 Å². The van der Waals surface area contributed by atoms with Gasteiger partial charge in [-0.05, 0) is 23.6 Å². The molecule has 0 unspecified atom stereocenters.